The Morgan fingerprint density at radius 1 is 1.32 bits per heavy atom. The highest BCUT2D eigenvalue weighted by Gasteiger charge is 2.21. The predicted molar refractivity (Wildman–Crippen MR) is 85.1 cm³/mol. The summed E-state index contributed by atoms with van der Waals surface area (Å²) in [6.45, 7) is 5.32. The highest BCUT2D eigenvalue weighted by Crippen LogP contribution is 2.23. The zero-order valence-electron chi connectivity index (χ0n) is 12.9. The van der Waals surface area contributed by atoms with Gasteiger partial charge in [-0.05, 0) is 37.9 Å². The van der Waals surface area contributed by atoms with Crippen LogP contribution < -0.4 is 10.6 Å². The molecule has 1 amide bonds. The Balaban J connectivity index is 1.35. The summed E-state index contributed by atoms with van der Waals surface area (Å²) < 4.78 is 5.32. The summed E-state index contributed by atoms with van der Waals surface area (Å²) in [4.78, 5) is 18.7. The molecule has 22 heavy (non-hydrogen) atoms. The molecule has 1 saturated carbocycles. The highest BCUT2D eigenvalue weighted by molar-refractivity contribution is 5.94. The molecule has 2 aliphatic rings. The van der Waals surface area contributed by atoms with Crippen molar-refractivity contribution in [3.8, 4) is 0 Å². The number of amides is 1. The summed E-state index contributed by atoms with van der Waals surface area (Å²) in [5, 5.41) is 6.27. The Hall–Kier alpha value is -1.66. The number of ether oxygens (including phenoxy) is 1. The van der Waals surface area contributed by atoms with Gasteiger partial charge in [-0.1, -0.05) is 0 Å². The number of carbonyl (C=O) groups excluding carboxylic acids is 1. The normalized spacial score (nSPS) is 18.9. The third-order valence-corrected chi connectivity index (χ3v) is 4.00. The molecule has 0 aromatic carbocycles. The summed E-state index contributed by atoms with van der Waals surface area (Å²) in [6.07, 6.45) is 5.03. The second-order valence-corrected chi connectivity index (χ2v) is 5.91. The first-order chi connectivity index (χ1) is 10.8. The Kier molecular flexibility index (Phi) is 5.24. The van der Waals surface area contributed by atoms with Crippen LogP contribution in [-0.2, 0) is 4.74 Å². The molecule has 0 atom stereocenters. The summed E-state index contributed by atoms with van der Waals surface area (Å²) in [6, 6.07) is 4.28. The minimum absolute atomic E-state index is 0.0487. The molecule has 1 saturated heterocycles. The van der Waals surface area contributed by atoms with Crippen LogP contribution in [0.2, 0.25) is 0 Å². The average Bonchev–Trinajstić information content (AvgIpc) is 3.37. The summed E-state index contributed by atoms with van der Waals surface area (Å²) in [5.41, 5.74) is 0.618. The van der Waals surface area contributed by atoms with Gasteiger partial charge in [-0.15, -0.1) is 0 Å². The summed E-state index contributed by atoms with van der Waals surface area (Å²) >= 11 is 0. The smallest absolute Gasteiger partial charge is 0.252 e. The van der Waals surface area contributed by atoms with Crippen molar-refractivity contribution in [1.29, 1.82) is 0 Å². The zero-order valence-corrected chi connectivity index (χ0v) is 12.9. The van der Waals surface area contributed by atoms with Crippen molar-refractivity contribution in [1.82, 2.24) is 15.2 Å². The Bertz CT molecular complexity index is 481. The average molecular weight is 304 g/mol. The van der Waals surface area contributed by atoms with E-state index in [9.17, 15) is 4.79 Å². The fraction of sp³-hybridized carbons (Fsp3) is 0.625. The number of hydrogen-bond donors (Lipinski definition) is 2. The number of aromatic nitrogens is 1. The number of rotatable bonds is 7. The monoisotopic (exact) mass is 304 g/mol. The Morgan fingerprint density at radius 2 is 2.14 bits per heavy atom. The maximum Gasteiger partial charge on any atom is 0.252 e. The molecule has 3 rings (SSSR count). The molecule has 2 fully saturated rings. The number of pyridine rings is 1. The third kappa shape index (κ3) is 4.68. The fourth-order valence-electron chi connectivity index (χ4n) is 2.48. The van der Waals surface area contributed by atoms with E-state index in [1.807, 2.05) is 12.1 Å². The summed E-state index contributed by atoms with van der Waals surface area (Å²) in [5.74, 6) is 0.804. The van der Waals surface area contributed by atoms with Gasteiger partial charge >= 0.3 is 0 Å². The number of nitrogens with zero attached hydrogens (tertiary/aromatic N) is 2. The van der Waals surface area contributed by atoms with E-state index in [1.165, 1.54) is 12.8 Å². The van der Waals surface area contributed by atoms with Crippen LogP contribution in [0.25, 0.3) is 0 Å². The predicted octanol–water partition coefficient (Wildman–Crippen LogP) is 1.11. The maximum absolute atomic E-state index is 12.0. The number of nitrogens with one attached hydrogen (secondary N) is 2. The SMILES string of the molecule is O=C(NCCCN1CCOCC1)c1ccc(NC2CC2)nc1. The standard InChI is InChI=1S/C16H24N4O2/c21-16(17-6-1-7-20-8-10-22-11-9-20)13-2-5-15(18-12-13)19-14-3-4-14/h2,5,12,14H,1,3-4,6-11H2,(H,17,21)(H,18,19). The molecule has 1 aliphatic heterocycles. The van der Waals surface area contributed by atoms with Crippen molar-refractivity contribution in [3.05, 3.63) is 23.9 Å². The lowest BCUT2D eigenvalue weighted by Gasteiger charge is -2.26. The molecule has 1 aromatic heterocycles. The quantitative estimate of drug-likeness (QED) is 0.739. The molecule has 1 aromatic rings. The zero-order chi connectivity index (χ0) is 15.2. The van der Waals surface area contributed by atoms with E-state index in [1.54, 1.807) is 6.20 Å². The van der Waals surface area contributed by atoms with Crippen LogP contribution in [-0.4, -0.2) is 61.2 Å². The van der Waals surface area contributed by atoms with E-state index in [0.717, 1.165) is 45.1 Å². The molecule has 2 N–H and O–H groups in total. The van der Waals surface area contributed by atoms with Crippen molar-refractivity contribution >= 4 is 11.7 Å². The van der Waals surface area contributed by atoms with Gasteiger partial charge in [0.15, 0.2) is 0 Å². The molecule has 0 unspecified atom stereocenters. The molecule has 0 radical (unpaired) electrons. The molecule has 2 heterocycles. The minimum Gasteiger partial charge on any atom is -0.379 e. The molecular formula is C16H24N4O2. The van der Waals surface area contributed by atoms with E-state index >= 15 is 0 Å². The first-order valence-corrected chi connectivity index (χ1v) is 8.12. The van der Waals surface area contributed by atoms with Crippen molar-refractivity contribution in [2.45, 2.75) is 25.3 Å². The van der Waals surface area contributed by atoms with Crippen molar-refractivity contribution in [2.24, 2.45) is 0 Å². The van der Waals surface area contributed by atoms with Crippen LogP contribution in [0.5, 0.6) is 0 Å². The Morgan fingerprint density at radius 3 is 2.82 bits per heavy atom. The maximum atomic E-state index is 12.0. The van der Waals surface area contributed by atoms with Gasteiger partial charge in [-0.2, -0.15) is 0 Å². The topological polar surface area (TPSA) is 66.5 Å². The van der Waals surface area contributed by atoms with Crippen molar-refractivity contribution in [3.63, 3.8) is 0 Å². The molecule has 6 heteroatoms. The first kappa shape index (κ1) is 15.2. The van der Waals surface area contributed by atoms with Gasteiger partial charge < -0.3 is 15.4 Å². The number of carbonyl (C=O) groups is 1. The fourth-order valence-corrected chi connectivity index (χ4v) is 2.48. The Labute approximate surface area is 131 Å². The molecular weight excluding hydrogens is 280 g/mol. The lowest BCUT2D eigenvalue weighted by molar-refractivity contribution is 0.0374. The van der Waals surface area contributed by atoms with Crippen LogP contribution in [0.3, 0.4) is 0 Å². The van der Waals surface area contributed by atoms with Crippen LogP contribution in [0.15, 0.2) is 18.3 Å². The first-order valence-electron chi connectivity index (χ1n) is 8.12. The van der Waals surface area contributed by atoms with E-state index < -0.39 is 0 Å². The van der Waals surface area contributed by atoms with E-state index in [2.05, 4.69) is 20.5 Å². The number of anilines is 1. The van der Waals surface area contributed by atoms with Gasteiger partial charge in [0.2, 0.25) is 0 Å². The number of morpholine rings is 1. The van der Waals surface area contributed by atoms with Gasteiger partial charge in [-0.3, -0.25) is 9.69 Å². The van der Waals surface area contributed by atoms with Gasteiger partial charge in [0.25, 0.3) is 5.91 Å². The van der Waals surface area contributed by atoms with Gasteiger partial charge in [0.05, 0.1) is 18.8 Å². The molecule has 0 bridgehead atoms. The van der Waals surface area contributed by atoms with Crippen LogP contribution >= 0.6 is 0 Å². The van der Waals surface area contributed by atoms with Gasteiger partial charge in [0, 0.05) is 31.9 Å². The van der Waals surface area contributed by atoms with E-state index in [0.29, 0.717) is 18.2 Å². The second kappa shape index (κ2) is 7.56. The van der Waals surface area contributed by atoms with Crippen LogP contribution in [0.4, 0.5) is 5.82 Å². The lowest BCUT2D eigenvalue weighted by atomic mass is 10.2. The van der Waals surface area contributed by atoms with Crippen molar-refractivity contribution in [2.75, 3.05) is 44.7 Å². The number of hydrogen-bond acceptors (Lipinski definition) is 5. The highest BCUT2D eigenvalue weighted by atomic mass is 16.5. The third-order valence-electron chi connectivity index (χ3n) is 4.00. The molecule has 1 aliphatic carbocycles. The summed E-state index contributed by atoms with van der Waals surface area (Å²) in [7, 11) is 0. The van der Waals surface area contributed by atoms with Gasteiger partial charge in [0.1, 0.15) is 5.82 Å². The molecule has 120 valence electrons. The van der Waals surface area contributed by atoms with Crippen LogP contribution in [0, 0.1) is 0 Å². The lowest BCUT2D eigenvalue weighted by Crippen LogP contribution is -2.38. The second-order valence-electron chi connectivity index (χ2n) is 5.91. The minimum atomic E-state index is -0.0487. The van der Waals surface area contributed by atoms with E-state index in [-0.39, 0.29) is 5.91 Å². The molecule has 6 nitrogen and oxygen atoms in total. The van der Waals surface area contributed by atoms with Crippen molar-refractivity contribution < 1.29 is 9.53 Å². The van der Waals surface area contributed by atoms with Crippen LogP contribution in [0.1, 0.15) is 29.6 Å². The van der Waals surface area contributed by atoms with E-state index in [4.69, 9.17) is 4.74 Å². The molecule has 0 spiro atoms. The largest absolute Gasteiger partial charge is 0.379 e. The van der Waals surface area contributed by atoms with Gasteiger partial charge in [-0.25, -0.2) is 4.98 Å².